The molecule has 126 valence electrons. The van der Waals surface area contributed by atoms with Gasteiger partial charge in [0, 0.05) is 43.8 Å². The molecule has 4 heteroatoms. The molecule has 0 radical (unpaired) electrons. The second kappa shape index (κ2) is 6.78. The Kier molecular flexibility index (Phi) is 4.54. The van der Waals surface area contributed by atoms with Gasteiger partial charge in [0.25, 0.3) is 0 Å². The minimum atomic E-state index is 0.287. The van der Waals surface area contributed by atoms with Crippen LogP contribution in [-0.2, 0) is 4.74 Å². The number of hydrogen-bond acceptors (Lipinski definition) is 4. The summed E-state index contributed by atoms with van der Waals surface area (Å²) in [6.45, 7) is 4.47. The van der Waals surface area contributed by atoms with E-state index in [2.05, 4.69) is 27.3 Å². The van der Waals surface area contributed by atoms with Crippen molar-refractivity contribution in [3.63, 3.8) is 0 Å². The topological polar surface area (TPSA) is 37.4 Å². The largest absolute Gasteiger partial charge is 0.375 e. The molecule has 3 fully saturated rings. The third-order valence-electron chi connectivity index (χ3n) is 6.08. The summed E-state index contributed by atoms with van der Waals surface area (Å²) >= 11 is 0. The summed E-state index contributed by atoms with van der Waals surface area (Å²) < 4.78 is 6.05. The lowest BCUT2D eigenvalue weighted by Gasteiger charge is -2.47. The number of piperidine rings is 1. The molecule has 1 aliphatic carbocycles. The predicted octanol–water partition coefficient (Wildman–Crippen LogP) is 2.99. The maximum absolute atomic E-state index is 6.05. The van der Waals surface area contributed by atoms with Crippen molar-refractivity contribution in [1.82, 2.24) is 10.3 Å². The molecule has 0 amide bonds. The van der Waals surface area contributed by atoms with Gasteiger partial charge in [-0.15, -0.1) is 0 Å². The van der Waals surface area contributed by atoms with Gasteiger partial charge in [-0.25, -0.2) is 0 Å². The lowest BCUT2D eigenvalue weighted by atomic mass is 9.72. The molecule has 2 aliphatic heterocycles. The average Bonchev–Trinajstić information content (AvgIpc) is 2.60. The fourth-order valence-electron chi connectivity index (χ4n) is 4.45. The summed E-state index contributed by atoms with van der Waals surface area (Å²) in [4.78, 5) is 6.59. The Labute approximate surface area is 139 Å². The summed E-state index contributed by atoms with van der Waals surface area (Å²) in [5.41, 5.74) is 1.60. The number of pyridine rings is 1. The van der Waals surface area contributed by atoms with E-state index in [0.29, 0.717) is 6.04 Å². The highest BCUT2D eigenvalue weighted by Gasteiger charge is 2.42. The van der Waals surface area contributed by atoms with Gasteiger partial charge in [-0.1, -0.05) is 0 Å². The van der Waals surface area contributed by atoms with Crippen molar-refractivity contribution >= 4 is 5.69 Å². The number of ether oxygens (including phenoxy) is 1. The van der Waals surface area contributed by atoms with Crippen molar-refractivity contribution < 1.29 is 4.74 Å². The molecular weight excluding hydrogens is 286 g/mol. The van der Waals surface area contributed by atoms with Crippen LogP contribution in [0.4, 0.5) is 5.69 Å². The van der Waals surface area contributed by atoms with E-state index in [1.54, 1.807) is 0 Å². The van der Waals surface area contributed by atoms with Gasteiger partial charge in [-0.2, -0.15) is 0 Å². The van der Waals surface area contributed by atoms with E-state index in [-0.39, 0.29) is 5.60 Å². The molecule has 1 saturated carbocycles. The Balaban J connectivity index is 1.21. The van der Waals surface area contributed by atoms with Gasteiger partial charge in [0.1, 0.15) is 0 Å². The standard InChI is InChI=1S/C19H29N3O/c1-7-19(8-1)14-16(6-13-23-19)15-21-17-4-11-22(12-5-17)18-2-9-20-10-3-18/h2-3,9-10,16-17,21H,1,4-8,11-15H2. The van der Waals surface area contributed by atoms with Gasteiger partial charge in [0.15, 0.2) is 0 Å². The molecule has 4 rings (SSSR count). The monoisotopic (exact) mass is 315 g/mol. The Morgan fingerprint density at radius 2 is 1.96 bits per heavy atom. The summed E-state index contributed by atoms with van der Waals surface area (Å²) in [5.74, 6) is 0.822. The van der Waals surface area contributed by atoms with Crippen LogP contribution in [-0.4, -0.2) is 42.9 Å². The Morgan fingerprint density at radius 3 is 2.65 bits per heavy atom. The van der Waals surface area contributed by atoms with Gasteiger partial charge < -0.3 is 15.0 Å². The number of hydrogen-bond donors (Lipinski definition) is 1. The summed E-state index contributed by atoms with van der Waals surface area (Å²) in [6.07, 6.45) is 12.8. The zero-order valence-corrected chi connectivity index (χ0v) is 14.0. The first kappa shape index (κ1) is 15.4. The number of nitrogens with one attached hydrogen (secondary N) is 1. The third kappa shape index (κ3) is 3.53. The van der Waals surface area contributed by atoms with E-state index in [9.17, 15) is 0 Å². The quantitative estimate of drug-likeness (QED) is 0.927. The number of rotatable bonds is 4. The van der Waals surface area contributed by atoms with Crippen LogP contribution in [0.1, 0.15) is 44.9 Å². The second-order valence-corrected chi connectivity index (χ2v) is 7.62. The number of aromatic nitrogens is 1. The summed E-state index contributed by atoms with van der Waals surface area (Å²) in [5, 5.41) is 3.85. The minimum Gasteiger partial charge on any atom is -0.375 e. The van der Waals surface area contributed by atoms with Crippen molar-refractivity contribution in [3.05, 3.63) is 24.5 Å². The highest BCUT2D eigenvalue weighted by Crippen LogP contribution is 2.44. The number of anilines is 1. The molecule has 4 nitrogen and oxygen atoms in total. The van der Waals surface area contributed by atoms with Gasteiger partial charge in [-0.3, -0.25) is 4.98 Å². The smallest absolute Gasteiger partial charge is 0.0685 e. The number of nitrogens with zero attached hydrogens (tertiary/aromatic N) is 2. The first-order valence-corrected chi connectivity index (χ1v) is 9.35. The molecule has 1 N–H and O–H groups in total. The van der Waals surface area contributed by atoms with Crippen molar-refractivity contribution in [2.75, 3.05) is 31.1 Å². The van der Waals surface area contributed by atoms with E-state index in [1.807, 2.05) is 12.4 Å². The van der Waals surface area contributed by atoms with Crippen LogP contribution in [0.2, 0.25) is 0 Å². The highest BCUT2D eigenvalue weighted by atomic mass is 16.5. The average molecular weight is 315 g/mol. The van der Waals surface area contributed by atoms with Crippen molar-refractivity contribution in [1.29, 1.82) is 0 Å². The normalized spacial score (nSPS) is 27.8. The molecule has 1 spiro atoms. The zero-order valence-electron chi connectivity index (χ0n) is 14.0. The van der Waals surface area contributed by atoms with Crippen molar-refractivity contribution in [2.45, 2.75) is 56.6 Å². The molecule has 1 aromatic heterocycles. The van der Waals surface area contributed by atoms with E-state index >= 15 is 0 Å². The summed E-state index contributed by atoms with van der Waals surface area (Å²) in [7, 11) is 0. The van der Waals surface area contributed by atoms with Crippen LogP contribution in [0.3, 0.4) is 0 Å². The van der Waals surface area contributed by atoms with Crippen LogP contribution in [0.5, 0.6) is 0 Å². The van der Waals surface area contributed by atoms with Crippen molar-refractivity contribution in [2.24, 2.45) is 5.92 Å². The molecule has 3 aliphatic rings. The van der Waals surface area contributed by atoms with Gasteiger partial charge in [0.05, 0.1) is 5.60 Å². The van der Waals surface area contributed by atoms with Gasteiger partial charge >= 0.3 is 0 Å². The third-order valence-corrected chi connectivity index (χ3v) is 6.08. The van der Waals surface area contributed by atoms with E-state index in [1.165, 1.54) is 57.2 Å². The first-order valence-electron chi connectivity index (χ1n) is 9.35. The lowest BCUT2D eigenvalue weighted by molar-refractivity contribution is -0.143. The maximum Gasteiger partial charge on any atom is 0.0685 e. The molecule has 1 atom stereocenters. The molecule has 0 bridgehead atoms. The lowest BCUT2D eigenvalue weighted by Crippen LogP contribution is -2.49. The molecular formula is C19H29N3O. The van der Waals surface area contributed by atoms with Crippen LogP contribution < -0.4 is 10.2 Å². The second-order valence-electron chi connectivity index (χ2n) is 7.62. The molecule has 3 heterocycles. The molecule has 1 aromatic rings. The van der Waals surface area contributed by atoms with Gasteiger partial charge in [-0.05, 0) is 69.5 Å². The van der Waals surface area contributed by atoms with Crippen LogP contribution >= 0.6 is 0 Å². The Bertz CT molecular complexity index is 495. The van der Waals surface area contributed by atoms with Crippen LogP contribution in [0.25, 0.3) is 0 Å². The molecule has 2 saturated heterocycles. The van der Waals surface area contributed by atoms with Gasteiger partial charge in [0.2, 0.25) is 0 Å². The minimum absolute atomic E-state index is 0.287. The predicted molar refractivity (Wildman–Crippen MR) is 92.7 cm³/mol. The van der Waals surface area contributed by atoms with E-state index in [0.717, 1.165) is 25.6 Å². The first-order chi connectivity index (χ1) is 11.3. The van der Waals surface area contributed by atoms with E-state index in [4.69, 9.17) is 4.74 Å². The van der Waals surface area contributed by atoms with Crippen LogP contribution in [0.15, 0.2) is 24.5 Å². The SMILES string of the molecule is c1cc(N2CCC(NCC3CCOC4(CCC4)C3)CC2)ccn1. The highest BCUT2D eigenvalue weighted by molar-refractivity contribution is 5.44. The van der Waals surface area contributed by atoms with Crippen molar-refractivity contribution in [3.8, 4) is 0 Å². The maximum atomic E-state index is 6.05. The fourth-order valence-corrected chi connectivity index (χ4v) is 4.45. The Morgan fingerprint density at radius 1 is 1.17 bits per heavy atom. The van der Waals surface area contributed by atoms with Crippen LogP contribution in [0, 0.1) is 5.92 Å². The molecule has 23 heavy (non-hydrogen) atoms. The van der Waals surface area contributed by atoms with E-state index < -0.39 is 0 Å². The zero-order chi connectivity index (χ0) is 15.5. The molecule has 0 aromatic carbocycles. The molecule has 1 unspecified atom stereocenters. The fraction of sp³-hybridized carbons (Fsp3) is 0.737. The summed E-state index contributed by atoms with van der Waals surface area (Å²) in [6, 6.07) is 4.93. The Hall–Kier alpha value is -1.13.